The van der Waals surface area contributed by atoms with E-state index in [0.717, 1.165) is 49.8 Å². The molecule has 2 N–H and O–H groups in total. The van der Waals surface area contributed by atoms with E-state index < -0.39 is 0 Å². The third kappa shape index (κ3) is 5.02. The Labute approximate surface area is 145 Å². The molecule has 0 aliphatic carbocycles. The number of methoxy groups -OCH3 is 1. The third-order valence-electron chi connectivity index (χ3n) is 4.91. The summed E-state index contributed by atoms with van der Waals surface area (Å²) in [6, 6.07) is 6.65. The van der Waals surface area contributed by atoms with Crippen molar-refractivity contribution in [1.82, 2.24) is 10.2 Å². The van der Waals surface area contributed by atoms with Crippen LogP contribution in [0.4, 0.5) is 5.69 Å². The number of hydrogen-bond donors (Lipinski definition) is 2. The van der Waals surface area contributed by atoms with Gasteiger partial charge in [0.15, 0.2) is 11.5 Å². The maximum Gasteiger partial charge on any atom is 0.162 e. The van der Waals surface area contributed by atoms with Gasteiger partial charge in [-0.1, -0.05) is 0 Å². The molecule has 2 heterocycles. The highest BCUT2D eigenvalue weighted by atomic mass is 16.5. The lowest BCUT2D eigenvalue weighted by Crippen LogP contribution is -2.38. The molecule has 2 aliphatic heterocycles. The van der Waals surface area contributed by atoms with E-state index in [1.54, 1.807) is 7.11 Å². The van der Waals surface area contributed by atoms with Crippen LogP contribution >= 0.6 is 0 Å². The van der Waals surface area contributed by atoms with E-state index in [1.165, 1.54) is 38.8 Å². The summed E-state index contributed by atoms with van der Waals surface area (Å²) >= 11 is 0. The van der Waals surface area contributed by atoms with Crippen LogP contribution in [0.2, 0.25) is 0 Å². The van der Waals surface area contributed by atoms with Crippen molar-refractivity contribution < 1.29 is 9.47 Å². The van der Waals surface area contributed by atoms with Gasteiger partial charge in [-0.05, 0) is 63.9 Å². The van der Waals surface area contributed by atoms with Crippen LogP contribution in [0.3, 0.4) is 0 Å². The molecule has 0 saturated carbocycles. The van der Waals surface area contributed by atoms with Gasteiger partial charge in [0.25, 0.3) is 0 Å². The fourth-order valence-corrected chi connectivity index (χ4v) is 3.56. The minimum atomic E-state index is 0.496. The van der Waals surface area contributed by atoms with Gasteiger partial charge in [0, 0.05) is 30.9 Å². The van der Waals surface area contributed by atoms with Gasteiger partial charge < -0.3 is 25.0 Å². The lowest BCUT2D eigenvalue weighted by Gasteiger charge is -2.25. The number of anilines is 1. The van der Waals surface area contributed by atoms with E-state index in [9.17, 15) is 0 Å². The SMILES string of the molecule is COc1cc(NC2CCCNC2)ccc1OCCCN1CCCC1. The first-order valence-electron chi connectivity index (χ1n) is 9.35. The van der Waals surface area contributed by atoms with Crippen LogP contribution < -0.4 is 20.1 Å². The quantitative estimate of drug-likeness (QED) is 0.716. The molecule has 0 bridgehead atoms. The highest BCUT2D eigenvalue weighted by Gasteiger charge is 2.14. The molecule has 0 spiro atoms. The third-order valence-corrected chi connectivity index (χ3v) is 4.91. The Morgan fingerprint density at radius 2 is 2.08 bits per heavy atom. The fraction of sp³-hybridized carbons (Fsp3) is 0.684. The number of nitrogens with one attached hydrogen (secondary N) is 2. The summed E-state index contributed by atoms with van der Waals surface area (Å²) in [6.45, 7) is 6.53. The minimum Gasteiger partial charge on any atom is -0.493 e. The van der Waals surface area contributed by atoms with E-state index in [-0.39, 0.29) is 0 Å². The summed E-state index contributed by atoms with van der Waals surface area (Å²) in [4.78, 5) is 2.52. The number of likely N-dealkylation sites (tertiary alicyclic amines) is 1. The fourth-order valence-electron chi connectivity index (χ4n) is 3.56. The number of nitrogens with zero attached hydrogens (tertiary/aromatic N) is 1. The Balaban J connectivity index is 1.47. The topological polar surface area (TPSA) is 45.8 Å². The summed E-state index contributed by atoms with van der Waals surface area (Å²) in [5.41, 5.74) is 1.10. The predicted molar refractivity (Wildman–Crippen MR) is 98.3 cm³/mol. The Hall–Kier alpha value is -1.46. The lowest BCUT2D eigenvalue weighted by molar-refractivity contribution is 0.254. The van der Waals surface area contributed by atoms with E-state index in [0.29, 0.717) is 6.04 Å². The number of ether oxygens (including phenoxy) is 2. The molecule has 2 aliphatic rings. The highest BCUT2D eigenvalue weighted by Crippen LogP contribution is 2.31. The van der Waals surface area contributed by atoms with Gasteiger partial charge in [-0.3, -0.25) is 0 Å². The van der Waals surface area contributed by atoms with Gasteiger partial charge in [-0.25, -0.2) is 0 Å². The average molecular weight is 333 g/mol. The molecule has 3 rings (SSSR count). The number of rotatable bonds is 8. The molecular weight excluding hydrogens is 302 g/mol. The standard InChI is InChI=1S/C19H31N3O2/c1-23-19-14-16(21-17-6-4-9-20-15-17)7-8-18(19)24-13-5-12-22-10-2-3-11-22/h7-8,14,17,20-21H,2-6,9-13,15H2,1H3. The molecule has 1 atom stereocenters. The largest absolute Gasteiger partial charge is 0.493 e. The monoisotopic (exact) mass is 333 g/mol. The smallest absolute Gasteiger partial charge is 0.162 e. The van der Waals surface area contributed by atoms with Crippen molar-refractivity contribution in [3.05, 3.63) is 18.2 Å². The first-order chi connectivity index (χ1) is 11.8. The van der Waals surface area contributed by atoms with Gasteiger partial charge in [0.2, 0.25) is 0 Å². The summed E-state index contributed by atoms with van der Waals surface area (Å²) < 4.78 is 11.5. The Morgan fingerprint density at radius 1 is 1.21 bits per heavy atom. The average Bonchev–Trinajstić information content (AvgIpc) is 3.14. The molecule has 134 valence electrons. The summed E-state index contributed by atoms with van der Waals surface area (Å²) in [5, 5.41) is 7.01. The zero-order chi connectivity index (χ0) is 16.6. The molecule has 5 heteroatoms. The van der Waals surface area contributed by atoms with Gasteiger partial charge >= 0.3 is 0 Å². The van der Waals surface area contributed by atoms with E-state index in [4.69, 9.17) is 9.47 Å². The second kappa shape index (κ2) is 9.14. The zero-order valence-electron chi connectivity index (χ0n) is 14.9. The van der Waals surface area contributed by atoms with Crippen molar-refractivity contribution in [3.63, 3.8) is 0 Å². The Morgan fingerprint density at radius 3 is 2.83 bits per heavy atom. The van der Waals surface area contributed by atoms with Crippen LogP contribution in [-0.2, 0) is 0 Å². The molecule has 0 radical (unpaired) electrons. The molecule has 2 saturated heterocycles. The van der Waals surface area contributed by atoms with Gasteiger partial charge in [-0.2, -0.15) is 0 Å². The molecule has 5 nitrogen and oxygen atoms in total. The predicted octanol–water partition coefficient (Wildman–Crippen LogP) is 2.72. The first-order valence-corrected chi connectivity index (χ1v) is 9.35. The number of hydrogen-bond acceptors (Lipinski definition) is 5. The van der Waals surface area contributed by atoms with Crippen molar-refractivity contribution in [2.45, 2.75) is 38.1 Å². The Bertz CT molecular complexity index is 497. The van der Waals surface area contributed by atoms with E-state index in [2.05, 4.69) is 21.6 Å². The summed E-state index contributed by atoms with van der Waals surface area (Å²) in [5.74, 6) is 1.65. The maximum absolute atomic E-state index is 5.94. The van der Waals surface area contributed by atoms with Crippen molar-refractivity contribution in [2.24, 2.45) is 0 Å². The molecule has 1 aromatic rings. The summed E-state index contributed by atoms with van der Waals surface area (Å²) in [6.07, 6.45) is 6.20. The van der Waals surface area contributed by atoms with Crippen LogP contribution in [0, 0.1) is 0 Å². The molecule has 2 fully saturated rings. The first kappa shape index (κ1) is 17.4. The molecule has 1 aromatic carbocycles. The normalized spacial score (nSPS) is 21.6. The number of piperidine rings is 1. The molecular formula is C19H31N3O2. The molecule has 0 amide bonds. The second-order valence-corrected chi connectivity index (χ2v) is 6.80. The zero-order valence-corrected chi connectivity index (χ0v) is 14.9. The molecule has 0 aromatic heterocycles. The van der Waals surface area contributed by atoms with E-state index in [1.807, 2.05) is 12.1 Å². The van der Waals surface area contributed by atoms with Crippen LogP contribution in [-0.4, -0.2) is 57.4 Å². The Kier molecular flexibility index (Phi) is 6.61. The van der Waals surface area contributed by atoms with Crippen molar-refractivity contribution >= 4 is 5.69 Å². The van der Waals surface area contributed by atoms with Gasteiger partial charge in [0.05, 0.1) is 13.7 Å². The van der Waals surface area contributed by atoms with Crippen LogP contribution in [0.5, 0.6) is 11.5 Å². The lowest BCUT2D eigenvalue weighted by atomic mass is 10.1. The van der Waals surface area contributed by atoms with Crippen LogP contribution in [0.1, 0.15) is 32.1 Å². The maximum atomic E-state index is 5.94. The van der Waals surface area contributed by atoms with Crippen molar-refractivity contribution in [1.29, 1.82) is 0 Å². The molecule has 1 unspecified atom stereocenters. The van der Waals surface area contributed by atoms with E-state index >= 15 is 0 Å². The van der Waals surface area contributed by atoms with Crippen LogP contribution in [0.15, 0.2) is 18.2 Å². The number of benzene rings is 1. The summed E-state index contributed by atoms with van der Waals surface area (Å²) in [7, 11) is 1.71. The van der Waals surface area contributed by atoms with Crippen molar-refractivity contribution in [3.8, 4) is 11.5 Å². The second-order valence-electron chi connectivity index (χ2n) is 6.80. The minimum absolute atomic E-state index is 0.496. The van der Waals surface area contributed by atoms with Crippen LogP contribution in [0.25, 0.3) is 0 Å². The van der Waals surface area contributed by atoms with Gasteiger partial charge in [-0.15, -0.1) is 0 Å². The van der Waals surface area contributed by atoms with Gasteiger partial charge in [0.1, 0.15) is 0 Å². The van der Waals surface area contributed by atoms with Crippen molar-refractivity contribution in [2.75, 3.05) is 51.8 Å². The highest BCUT2D eigenvalue weighted by molar-refractivity contribution is 5.55. The molecule has 24 heavy (non-hydrogen) atoms.